The molecule has 1 amide bonds. The van der Waals surface area contributed by atoms with Gasteiger partial charge in [-0.25, -0.2) is 22.2 Å². The summed E-state index contributed by atoms with van der Waals surface area (Å²) in [6.07, 6.45) is 0.913. The first-order valence-corrected chi connectivity index (χ1v) is 13.2. The standard InChI is InChI=1S/C29H22N4O4S/c1-37-29(34)31-20-10-13-22(14-11-20)38(35,36)33-17-16-19-18-21(12-15-27(19)33)30-28-23-6-2-4-8-25(23)32-26-9-5-3-7-24(26)28/h2-18H,1H3,(H,30,32)(H,31,34). The summed E-state index contributed by atoms with van der Waals surface area (Å²) in [5.74, 6) is 0. The molecule has 0 spiro atoms. The number of nitrogens with zero attached hydrogens (tertiary/aromatic N) is 2. The zero-order chi connectivity index (χ0) is 26.3. The number of carbonyl (C=O) groups is 1. The van der Waals surface area contributed by atoms with Crippen LogP contribution in [0.1, 0.15) is 0 Å². The van der Waals surface area contributed by atoms with Crippen molar-refractivity contribution in [2.45, 2.75) is 4.90 Å². The first-order valence-electron chi connectivity index (χ1n) is 11.8. The minimum Gasteiger partial charge on any atom is -0.453 e. The van der Waals surface area contributed by atoms with Crippen LogP contribution in [-0.2, 0) is 14.8 Å². The van der Waals surface area contributed by atoms with Crippen molar-refractivity contribution in [1.29, 1.82) is 0 Å². The average molecular weight is 523 g/mol. The molecule has 0 unspecified atom stereocenters. The van der Waals surface area contributed by atoms with E-state index < -0.39 is 16.1 Å². The number of amides is 1. The van der Waals surface area contributed by atoms with Gasteiger partial charge in [-0.1, -0.05) is 36.4 Å². The third-order valence-electron chi connectivity index (χ3n) is 6.35. The number of para-hydroxylation sites is 2. The number of ether oxygens (including phenoxy) is 1. The first kappa shape index (κ1) is 23.5. The predicted molar refractivity (Wildman–Crippen MR) is 150 cm³/mol. The van der Waals surface area contributed by atoms with Gasteiger partial charge in [0.05, 0.1) is 34.2 Å². The number of benzene rings is 4. The highest BCUT2D eigenvalue weighted by molar-refractivity contribution is 7.90. The van der Waals surface area contributed by atoms with Crippen LogP contribution in [0.15, 0.2) is 108 Å². The number of nitrogens with one attached hydrogen (secondary N) is 2. The molecule has 0 fully saturated rings. The number of fused-ring (bicyclic) bond motifs is 3. The largest absolute Gasteiger partial charge is 0.453 e. The SMILES string of the molecule is COC(=O)Nc1ccc(S(=O)(=O)n2ccc3cc(Nc4c5ccccc5nc5ccccc45)ccc32)cc1. The van der Waals surface area contributed by atoms with E-state index in [1.54, 1.807) is 18.3 Å². The molecule has 38 heavy (non-hydrogen) atoms. The predicted octanol–water partition coefficient (Wildman–Crippen LogP) is 6.50. The van der Waals surface area contributed by atoms with Crippen molar-refractivity contribution in [2.24, 2.45) is 0 Å². The number of carbonyl (C=O) groups excluding carboxylic acids is 1. The zero-order valence-corrected chi connectivity index (χ0v) is 21.1. The van der Waals surface area contributed by atoms with Crippen molar-refractivity contribution in [2.75, 3.05) is 17.7 Å². The normalized spacial score (nSPS) is 11.6. The van der Waals surface area contributed by atoms with Crippen LogP contribution < -0.4 is 10.6 Å². The Morgan fingerprint density at radius 3 is 2.11 bits per heavy atom. The van der Waals surface area contributed by atoms with E-state index in [1.807, 2.05) is 60.7 Å². The van der Waals surface area contributed by atoms with Crippen LogP contribution >= 0.6 is 0 Å². The number of anilines is 3. The summed E-state index contributed by atoms with van der Waals surface area (Å²) in [7, 11) is -2.60. The minimum absolute atomic E-state index is 0.0994. The highest BCUT2D eigenvalue weighted by Gasteiger charge is 2.19. The Labute approximate surface area is 218 Å². The van der Waals surface area contributed by atoms with E-state index in [9.17, 15) is 13.2 Å². The number of hydrogen-bond donors (Lipinski definition) is 2. The Hall–Kier alpha value is -4.89. The van der Waals surface area contributed by atoms with Crippen molar-refractivity contribution >= 4 is 65.9 Å². The minimum atomic E-state index is -3.86. The number of hydrogen-bond acceptors (Lipinski definition) is 6. The molecule has 0 saturated carbocycles. The highest BCUT2D eigenvalue weighted by Crippen LogP contribution is 2.34. The fourth-order valence-electron chi connectivity index (χ4n) is 4.52. The molecular formula is C29H22N4O4S. The van der Waals surface area contributed by atoms with E-state index in [0.29, 0.717) is 11.2 Å². The smallest absolute Gasteiger partial charge is 0.411 e. The molecule has 4 aromatic carbocycles. The summed E-state index contributed by atoms with van der Waals surface area (Å²) >= 11 is 0. The Bertz CT molecular complexity index is 1890. The van der Waals surface area contributed by atoms with Gasteiger partial charge in [-0.2, -0.15) is 0 Å². The van der Waals surface area contributed by atoms with Crippen molar-refractivity contribution < 1.29 is 17.9 Å². The average Bonchev–Trinajstić information content (AvgIpc) is 3.37. The molecule has 188 valence electrons. The number of methoxy groups -OCH3 is 1. The van der Waals surface area contributed by atoms with E-state index in [-0.39, 0.29) is 4.90 Å². The lowest BCUT2D eigenvalue weighted by atomic mass is 10.1. The second-order valence-electron chi connectivity index (χ2n) is 8.68. The van der Waals surface area contributed by atoms with Gasteiger partial charge in [0, 0.05) is 33.7 Å². The van der Waals surface area contributed by atoms with Crippen LogP contribution in [-0.4, -0.2) is 30.6 Å². The Morgan fingerprint density at radius 1 is 0.816 bits per heavy atom. The molecule has 8 nitrogen and oxygen atoms in total. The third-order valence-corrected chi connectivity index (χ3v) is 8.06. The van der Waals surface area contributed by atoms with E-state index >= 15 is 0 Å². The first-order chi connectivity index (χ1) is 18.4. The summed E-state index contributed by atoms with van der Waals surface area (Å²) in [6.45, 7) is 0. The van der Waals surface area contributed by atoms with E-state index in [4.69, 9.17) is 4.98 Å². The fraction of sp³-hybridized carbons (Fsp3) is 0.0345. The lowest BCUT2D eigenvalue weighted by Crippen LogP contribution is -2.13. The summed E-state index contributed by atoms with van der Waals surface area (Å²) in [4.78, 5) is 16.3. The summed E-state index contributed by atoms with van der Waals surface area (Å²) in [5, 5.41) is 8.82. The van der Waals surface area contributed by atoms with Gasteiger partial charge in [-0.05, 0) is 60.7 Å². The van der Waals surface area contributed by atoms with Crippen LogP contribution in [0.3, 0.4) is 0 Å². The Morgan fingerprint density at radius 2 is 1.45 bits per heavy atom. The van der Waals surface area contributed by atoms with E-state index in [0.717, 1.165) is 38.6 Å². The lowest BCUT2D eigenvalue weighted by molar-refractivity contribution is 0.187. The molecule has 0 aliphatic rings. The molecule has 0 aliphatic heterocycles. The van der Waals surface area contributed by atoms with Crippen LogP contribution in [0, 0.1) is 0 Å². The monoisotopic (exact) mass is 522 g/mol. The summed E-state index contributed by atoms with van der Waals surface area (Å²) in [6, 6.07) is 29.2. The fourth-order valence-corrected chi connectivity index (χ4v) is 5.87. The summed E-state index contributed by atoms with van der Waals surface area (Å²) < 4.78 is 32.6. The number of aromatic nitrogens is 2. The molecule has 6 aromatic rings. The molecule has 2 aromatic heterocycles. The van der Waals surface area contributed by atoms with Gasteiger partial charge in [-0.15, -0.1) is 0 Å². The van der Waals surface area contributed by atoms with E-state index in [1.165, 1.54) is 35.3 Å². The molecule has 2 N–H and O–H groups in total. The molecule has 9 heteroatoms. The van der Waals surface area contributed by atoms with Crippen LogP contribution in [0.25, 0.3) is 32.7 Å². The molecule has 0 aliphatic carbocycles. The Kier molecular flexibility index (Phi) is 5.69. The van der Waals surface area contributed by atoms with Crippen molar-refractivity contribution in [1.82, 2.24) is 8.96 Å². The van der Waals surface area contributed by atoms with Gasteiger partial charge in [0.25, 0.3) is 10.0 Å². The maximum absolute atomic E-state index is 13.4. The molecule has 0 bridgehead atoms. The second kappa shape index (κ2) is 9.20. The van der Waals surface area contributed by atoms with Gasteiger partial charge in [0.2, 0.25) is 0 Å². The molecule has 0 atom stereocenters. The molecule has 0 radical (unpaired) electrons. The van der Waals surface area contributed by atoms with Gasteiger partial charge < -0.3 is 10.1 Å². The lowest BCUT2D eigenvalue weighted by Gasteiger charge is -2.14. The number of pyridine rings is 1. The van der Waals surface area contributed by atoms with Crippen molar-refractivity contribution in [3.05, 3.63) is 103 Å². The second-order valence-corrected chi connectivity index (χ2v) is 10.5. The maximum atomic E-state index is 13.4. The van der Waals surface area contributed by atoms with E-state index in [2.05, 4.69) is 15.4 Å². The van der Waals surface area contributed by atoms with Gasteiger partial charge in [-0.3, -0.25) is 5.32 Å². The van der Waals surface area contributed by atoms with Crippen LogP contribution in [0.2, 0.25) is 0 Å². The molecule has 2 heterocycles. The van der Waals surface area contributed by atoms with Crippen LogP contribution in [0.5, 0.6) is 0 Å². The molecular weight excluding hydrogens is 500 g/mol. The molecule has 0 saturated heterocycles. The van der Waals surface area contributed by atoms with Crippen LogP contribution in [0.4, 0.5) is 21.9 Å². The Balaban J connectivity index is 1.36. The summed E-state index contributed by atoms with van der Waals surface area (Å²) in [5.41, 5.74) is 4.53. The van der Waals surface area contributed by atoms with Gasteiger partial charge >= 0.3 is 6.09 Å². The van der Waals surface area contributed by atoms with Crippen molar-refractivity contribution in [3.8, 4) is 0 Å². The molecule has 6 rings (SSSR count). The van der Waals surface area contributed by atoms with Gasteiger partial charge in [0.15, 0.2) is 0 Å². The third kappa shape index (κ3) is 4.08. The maximum Gasteiger partial charge on any atom is 0.411 e. The number of rotatable bonds is 5. The van der Waals surface area contributed by atoms with Gasteiger partial charge in [0.1, 0.15) is 0 Å². The van der Waals surface area contributed by atoms with Crippen molar-refractivity contribution in [3.63, 3.8) is 0 Å². The highest BCUT2D eigenvalue weighted by atomic mass is 32.2. The quantitative estimate of drug-likeness (QED) is 0.251. The zero-order valence-electron chi connectivity index (χ0n) is 20.3. The topological polar surface area (TPSA) is 102 Å².